The number of hydrogen-bond donors (Lipinski definition) is 0. The summed E-state index contributed by atoms with van der Waals surface area (Å²) in [6, 6.07) is 123. The highest BCUT2D eigenvalue weighted by atomic mass is 15.2. The van der Waals surface area contributed by atoms with Crippen molar-refractivity contribution in [2.24, 2.45) is 0 Å². The third-order valence-electron chi connectivity index (χ3n) is 22.7. The zero-order valence-electron chi connectivity index (χ0n) is 60.1. The summed E-state index contributed by atoms with van der Waals surface area (Å²) in [7, 11) is 0. The molecule has 22 rings (SSSR count). The maximum Gasteiger partial charge on any atom is 0.233 e. The van der Waals surface area contributed by atoms with E-state index < -0.39 is 0 Å². The molecule has 516 valence electrons. The Bertz CT molecular complexity index is 7270. The highest BCUT2D eigenvalue weighted by molar-refractivity contribution is 6.17. The summed E-state index contributed by atoms with van der Waals surface area (Å²) in [6.07, 6.45) is 16.7. The predicted molar refractivity (Wildman–Crippen MR) is 456 cm³/mol. The molecule has 8 nitrogen and oxygen atoms in total. The van der Waals surface area contributed by atoms with Crippen molar-refractivity contribution >= 4 is 66.5 Å². The second kappa shape index (κ2) is 26.0. The number of nitrogens with zero attached hydrogens (tertiary/aromatic N) is 8. The van der Waals surface area contributed by atoms with E-state index in [0.29, 0.717) is 0 Å². The Morgan fingerprint density at radius 3 is 1.22 bits per heavy atom. The number of rotatable bonds is 12. The first-order chi connectivity index (χ1) is 55.0. The van der Waals surface area contributed by atoms with Crippen molar-refractivity contribution in [1.82, 2.24) is 34.2 Å². The number of fused-ring (bicyclic) bond motifs is 18. The lowest BCUT2D eigenvalue weighted by Gasteiger charge is -2.24. The summed E-state index contributed by atoms with van der Waals surface area (Å²) in [6.45, 7) is 0. The Hall–Kier alpha value is -14.9. The second-order valence-corrected chi connectivity index (χ2v) is 28.9. The highest BCUT2D eigenvalue weighted by Crippen LogP contribution is 2.51. The molecule has 8 heteroatoms. The van der Waals surface area contributed by atoms with E-state index in [1.165, 1.54) is 50.1 Å². The predicted octanol–water partition coefficient (Wildman–Crippen LogP) is 25.8. The molecule has 0 aliphatic carbocycles. The summed E-state index contributed by atoms with van der Waals surface area (Å²) < 4.78 is 6.55. The third kappa shape index (κ3) is 10.7. The van der Waals surface area contributed by atoms with E-state index >= 15 is 0 Å². The highest BCUT2D eigenvalue weighted by Gasteiger charge is 2.39. The minimum absolute atomic E-state index is 0.0225. The largest absolute Gasteiger partial charge is 0.253 e. The lowest BCUT2D eigenvalue weighted by molar-refractivity contribution is -0.469. The van der Waals surface area contributed by atoms with Crippen LogP contribution in [0.5, 0.6) is 0 Å². The van der Waals surface area contributed by atoms with Crippen molar-refractivity contribution in [2.45, 2.75) is 6.04 Å². The van der Waals surface area contributed by atoms with Crippen molar-refractivity contribution < 1.29 is 4.58 Å². The lowest BCUT2D eigenvalue weighted by Crippen LogP contribution is -2.18. The smallest absolute Gasteiger partial charge is 0.233 e. The summed E-state index contributed by atoms with van der Waals surface area (Å²) in [5.41, 5.74) is 36.6. The summed E-state index contributed by atoms with van der Waals surface area (Å²) in [4.78, 5) is 16.4. The quantitative estimate of drug-likeness (QED) is 0.0900. The average Bonchev–Trinajstić information content (AvgIpc) is 1.69. The third-order valence-corrected chi connectivity index (χ3v) is 22.7. The molecule has 0 radical (unpaired) electrons. The van der Waals surface area contributed by atoms with Crippen LogP contribution in [0.2, 0.25) is 0 Å². The van der Waals surface area contributed by atoms with E-state index in [9.17, 15) is 0 Å². The van der Waals surface area contributed by atoms with E-state index in [4.69, 9.17) is 25.1 Å². The molecule has 20 aromatic rings. The van der Waals surface area contributed by atoms with Crippen LogP contribution in [0.3, 0.4) is 0 Å². The number of benzene rings is 13. The zero-order chi connectivity index (χ0) is 73.0. The van der Waals surface area contributed by atoms with Gasteiger partial charge in [0, 0.05) is 80.1 Å². The fourth-order valence-corrected chi connectivity index (χ4v) is 17.5. The molecule has 2 aliphatic heterocycles. The fraction of sp³-hybridized carbons (Fsp3) is 0.00971. The van der Waals surface area contributed by atoms with Crippen LogP contribution >= 0.6 is 0 Å². The van der Waals surface area contributed by atoms with Crippen LogP contribution in [0.15, 0.2) is 383 Å². The standard InChI is InChI=1S/C103H65N8/c1-4-22-65(23-5-1)68-28-16-31-71(52-68)72-45-46-89-92(58-72)93-47-49-107-110(93)97-60-79(63-104-101(89)97)85-38-14-11-35-82(85)76-55-75(81-34-10-13-37-84(81)78-59-96-102(105-62-78)90-42-19-40-87(99(90)94-44-21-51-109(94)96)73-32-17-29-69(53-73)66-24-6-2-7-25-66)56-77(57-76)83-36-12-15-39-86(83)80-61-98-103(106-64-80)91-43-20-41-88(100(91)95-48-50-108-111(95)98)74-33-18-30-70(54-74)67-26-8-3-9-27-67/h1-64,94H/q+1. The zero-order valence-corrected chi connectivity index (χ0v) is 60.1. The van der Waals surface area contributed by atoms with Gasteiger partial charge in [-0.2, -0.15) is 14.8 Å². The monoisotopic (exact) mass is 1410 g/mol. The minimum atomic E-state index is -0.0225. The van der Waals surface area contributed by atoms with Crippen molar-refractivity contribution in [3.8, 4) is 145 Å². The SMILES string of the molecule is C1=CC2c3c(-c4cccc(-c5ccccc5)c4)cccc3-c3ncc(-c4ccccc4-c4cc(-c5ccccc5-c5cnc6c7ccc(-c8cccc(-c9ccccc9)c8)cc7c7ccnn7c6c5)cc(-c5ccccc5-c5cnc6c7cccc(-c8cccc(-c9ccccc9)c8)c7c7ccnn7c6c5)c4)cc3[N+]2=C1. The Balaban J connectivity index is 0.692. The Kier molecular flexibility index (Phi) is 14.8. The van der Waals surface area contributed by atoms with Gasteiger partial charge in [-0.15, -0.1) is 0 Å². The van der Waals surface area contributed by atoms with Crippen LogP contribution in [0.4, 0.5) is 5.69 Å². The van der Waals surface area contributed by atoms with Crippen molar-refractivity contribution in [3.63, 3.8) is 0 Å². The van der Waals surface area contributed by atoms with Crippen LogP contribution in [0, 0.1) is 0 Å². The van der Waals surface area contributed by atoms with Crippen LogP contribution in [-0.4, -0.2) is 45.0 Å². The Labute approximate surface area is 640 Å². The molecule has 0 amide bonds. The first-order valence-corrected chi connectivity index (χ1v) is 37.8. The van der Waals surface area contributed by atoms with Gasteiger partial charge in [0.1, 0.15) is 5.69 Å². The molecule has 0 bridgehead atoms. The van der Waals surface area contributed by atoms with Gasteiger partial charge in [-0.25, -0.2) is 14.0 Å². The van der Waals surface area contributed by atoms with Gasteiger partial charge < -0.3 is 0 Å². The van der Waals surface area contributed by atoms with Crippen molar-refractivity contribution in [2.75, 3.05) is 0 Å². The molecule has 111 heavy (non-hydrogen) atoms. The molecule has 0 saturated carbocycles. The first-order valence-electron chi connectivity index (χ1n) is 37.8. The molecular weight excluding hydrogens is 1350 g/mol. The second-order valence-electron chi connectivity index (χ2n) is 28.9. The maximum absolute atomic E-state index is 5.51. The van der Waals surface area contributed by atoms with Crippen LogP contribution < -0.4 is 0 Å². The van der Waals surface area contributed by atoms with Gasteiger partial charge in [0.15, 0.2) is 6.21 Å². The van der Waals surface area contributed by atoms with Crippen LogP contribution in [-0.2, 0) is 0 Å². The number of aromatic nitrogens is 7. The van der Waals surface area contributed by atoms with Gasteiger partial charge in [-0.3, -0.25) is 9.97 Å². The molecule has 0 N–H and O–H groups in total. The summed E-state index contributed by atoms with van der Waals surface area (Å²) in [5.74, 6) is 0. The lowest BCUT2D eigenvalue weighted by atomic mass is 9.84. The van der Waals surface area contributed by atoms with Gasteiger partial charge in [-0.1, -0.05) is 267 Å². The van der Waals surface area contributed by atoms with Gasteiger partial charge in [0.25, 0.3) is 0 Å². The van der Waals surface area contributed by atoms with E-state index in [1.54, 1.807) is 0 Å². The molecule has 1 unspecified atom stereocenters. The van der Waals surface area contributed by atoms with Gasteiger partial charge in [0.2, 0.25) is 11.7 Å². The van der Waals surface area contributed by atoms with E-state index in [-0.39, 0.29) is 6.04 Å². The maximum atomic E-state index is 5.51. The summed E-state index contributed by atoms with van der Waals surface area (Å²) in [5, 5.41) is 14.4. The van der Waals surface area contributed by atoms with Crippen LogP contribution in [0.1, 0.15) is 11.6 Å². The Morgan fingerprint density at radius 2 is 0.649 bits per heavy atom. The van der Waals surface area contributed by atoms with Crippen molar-refractivity contribution in [1.29, 1.82) is 0 Å². The molecular formula is C103H65N8+. The van der Waals surface area contributed by atoms with E-state index in [1.807, 2.05) is 24.8 Å². The number of hydrogen-bond acceptors (Lipinski definition) is 5. The Morgan fingerprint density at radius 1 is 0.252 bits per heavy atom. The number of pyridine rings is 5. The topological polar surface area (TPSA) is 76.3 Å². The summed E-state index contributed by atoms with van der Waals surface area (Å²) >= 11 is 0. The van der Waals surface area contributed by atoms with Gasteiger partial charge >= 0.3 is 0 Å². The first kappa shape index (κ1) is 63.4. The van der Waals surface area contributed by atoms with E-state index in [2.05, 4.69) is 378 Å². The van der Waals surface area contributed by atoms with E-state index in [0.717, 1.165) is 161 Å². The molecule has 7 aromatic heterocycles. The molecule has 0 saturated heterocycles. The molecule has 0 spiro atoms. The average molecular weight is 1410 g/mol. The van der Waals surface area contributed by atoms with Crippen LogP contribution in [0.25, 0.3) is 199 Å². The van der Waals surface area contributed by atoms with Gasteiger partial charge in [-0.05, 0) is 190 Å². The van der Waals surface area contributed by atoms with Gasteiger partial charge in [0.05, 0.1) is 45.5 Å². The van der Waals surface area contributed by atoms with Crippen molar-refractivity contribution in [3.05, 3.63) is 388 Å². The molecule has 9 heterocycles. The fourth-order valence-electron chi connectivity index (χ4n) is 17.5. The number of allylic oxidation sites excluding steroid dienone is 1. The molecule has 13 aromatic carbocycles. The minimum Gasteiger partial charge on any atom is -0.253 e. The molecule has 2 aliphatic rings. The molecule has 1 atom stereocenters. The normalized spacial score (nSPS) is 13.0. The molecule has 0 fully saturated rings.